The molecule has 2 rings (SSSR count). The maximum atomic E-state index is 11.4. The van der Waals surface area contributed by atoms with Crippen molar-refractivity contribution in [2.45, 2.75) is 16.7 Å². The molecule has 26 heavy (non-hydrogen) atoms. The zero-order valence-electron chi connectivity index (χ0n) is 14.3. The maximum Gasteiger partial charge on any atom is 1.00 e. The van der Waals surface area contributed by atoms with Crippen LogP contribution in [-0.4, -0.2) is 46.2 Å². The van der Waals surface area contributed by atoms with Crippen LogP contribution in [0.4, 0.5) is 5.82 Å². The molecule has 0 saturated heterocycles. The summed E-state index contributed by atoms with van der Waals surface area (Å²) < 4.78 is 82.3. The van der Waals surface area contributed by atoms with Crippen molar-refractivity contribution in [1.82, 2.24) is 9.78 Å². The maximum absolute atomic E-state index is 11.4. The van der Waals surface area contributed by atoms with Gasteiger partial charge in [-0.2, -0.15) is 5.10 Å². The minimum Gasteiger partial charge on any atom is -0.768 e. The van der Waals surface area contributed by atoms with Crippen LogP contribution in [-0.2, 0) is 31.2 Å². The topological polar surface area (TPSA) is 161 Å². The van der Waals surface area contributed by atoms with Gasteiger partial charge in [0.1, 0.15) is 15.9 Å². The van der Waals surface area contributed by atoms with Crippen molar-refractivity contribution in [3.8, 4) is 5.69 Å². The Morgan fingerprint density at radius 3 is 2.19 bits per heavy atom. The molecule has 0 amide bonds. The van der Waals surface area contributed by atoms with E-state index in [0.717, 1.165) is 29.1 Å². The van der Waals surface area contributed by atoms with E-state index >= 15 is 0 Å². The zero-order chi connectivity index (χ0) is 18.3. The average Bonchev–Trinajstić information content (AvgIpc) is 2.75. The van der Waals surface area contributed by atoms with Gasteiger partial charge in [0.2, 0.25) is 10.0 Å². The van der Waals surface area contributed by atoms with E-state index in [-0.39, 0.29) is 119 Å². The minimum absolute atomic E-state index is 0. The Kier molecular flexibility index (Phi) is 11.1. The summed E-state index contributed by atoms with van der Waals surface area (Å²) in [6, 6.07) is 3.97. The smallest absolute Gasteiger partial charge is 0.768 e. The van der Waals surface area contributed by atoms with Crippen molar-refractivity contribution >= 4 is 37.0 Å². The predicted molar refractivity (Wildman–Crippen MR) is 81.9 cm³/mol. The summed E-state index contributed by atoms with van der Waals surface area (Å²) >= 11 is -2.69. The Labute approximate surface area is 238 Å². The first-order valence-electron chi connectivity index (χ1n) is 6.12. The third-order valence-electron chi connectivity index (χ3n) is 2.74. The fourth-order valence-corrected chi connectivity index (χ4v) is 3.47. The number of aromatic nitrogens is 2. The molecule has 0 bridgehead atoms. The Balaban J connectivity index is 0.00000312. The summed E-state index contributed by atoms with van der Waals surface area (Å²) in [5, 5.41) is 3.93. The molecule has 1 heterocycles. The molecule has 1 aromatic carbocycles. The summed E-state index contributed by atoms with van der Waals surface area (Å²) in [5.74, 6) is -0.145. The Bertz CT molecular complexity index is 1040. The van der Waals surface area contributed by atoms with Gasteiger partial charge in [-0.15, -0.1) is 0 Å². The van der Waals surface area contributed by atoms with Crippen molar-refractivity contribution in [2.75, 3.05) is 11.0 Å². The van der Waals surface area contributed by atoms with Crippen molar-refractivity contribution in [3.63, 3.8) is 0 Å². The number of sulfonamides is 1. The molecule has 10 nitrogen and oxygen atoms in total. The number of hydrogen-bond donors (Lipinski definition) is 1. The van der Waals surface area contributed by atoms with E-state index in [1.54, 1.807) is 0 Å². The van der Waals surface area contributed by atoms with Crippen LogP contribution in [0.2, 0.25) is 0 Å². The zero-order valence-corrected chi connectivity index (χ0v) is 23.0. The number of nitrogens with one attached hydrogen (secondary N) is 1. The van der Waals surface area contributed by atoms with Crippen molar-refractivity contribution in [3.05, 3.63) is 30.0 Å². The number of hydrogen-bond acceptors (Lipinski definition) is 8. The summed E-state index contributed by atoms with van der Waals surface area (Å²) in [4.78, 5) is -1.03. The normalized spacial score (nSPS) is 12.6. The molecule has 0 radical (unpaired) electrons. The quantitative estimate of drug-likeness (QED) is 0.256. The molecule has 0 aliphatic rings. The van der Waals surface area contributed by atoms with Crippen LogP contribution in [0.3, 0.4) is 0 Å². The van der Waals surface area contributed by atoms with Gasteiger partial charge in [0.25, 0.3) is 0 Å². The van der Waals surface area contributed by atoms with Crippen LogP contribution < -0.4 is 107 Å². The van der Waals surface area contributed by atoms with Crippen LogP contribution in [0.1, 0.15) is 5.69 Å². The third kappa shape index (κ3) is 7.38. The molecular formula is C11H11K2N3O7S3. The summed E-state index contributed by atoms with van der Waals surface area (Å²) in [6.07, 6.45) is 0.869. The molecule has 0 saturated carbocycles. The van der Waals surface area contributed by atoms with Crippen LogP contribution >= 0.6 is 0 Å². The SMILES string of the molecule is Cc1cc(NS(C)(=O)=O)n(-c2cc(S(=O)[O-])ccc2S(=O)(=O)[O-])n1.[K+].[K+]. The Hall–Kier alpha value is 1.47. The number of aryl methyl sites for hydroxylation is 1. The number of anilines is 1. The van der Waals surface area contributed by atoms with Crippen LogP contribution in [0.25, 0.3) is 5.69 Å². The van der Waals surface area contributed by atoms with E-state index < -0.39 is 36.1 Å². The number of nitrogens with zero attached hydrogens (tertiary/aromatic N) is 2. The third-order valence-corrected chi connectivity index (χ3v) is 4.84. The van der Waals surface area contributed by atoms with E-state index in [4.69, 9.17) is 0 Å². The fraction of sp³-hybridized carbons (Fsp3) is 0.182. The number of rotatable bonds is 5. The van der Waals surface area contributed by atoms with Crippen molar-refractivity contribution in [1.29, 1.82) is 0 Å². The second-order valence-electron chi connectivity index (χ2n) is 4.78. The van der Waals surface area contributed by atoms with Crippen LogP contribution in [0.5, 0.6) is 0 Å². The van der Waals surface area contributed by atoms with E-state index in [1.807, 2.05) is 0 Å². The molecule has 1 unspecified atom stereocenters. The standard InChI is InChI=1S/C11H13N3O7S3.2K/c1-7-5-11(13-23(2,17)18)14(12-7)9-6-8(22(15)16)3-4-10(9)24(19,20)21;;/h3-6,13H,1-2H3,(H,15,16)(H,19,20,21);;/q;2*+1/p-2. The van der Waals surface area contributed by atoms with E-state index in [1.165, 1.54) is 13.0 Å². The van der Waals surface area contributed by atoms with Gasteiger partial charge in [-0.05, 0) is 36.2 Å². The number of benzene rings is 1. The first kappa shape index (κ1) is 27.5. The van der Waals surface area contributed by atoms with Gasteiger partial charge in [-0.25, -0.2) is 21.5 Å². The molecule has 0 aliphatic heterocycles. The Morgan fingerprint density at radius 1 is 1.15 bits per heavy atom. The minimum atomic E-state index is -4.96. The molecule has 2 aromatic rings. The van der Waals surface area contributed by atoms with Gasteiger partial charge < -0.3 is 9.11 Å². The van der Waals surface area contributed by atoms with Crippen LogP contribution in [0, 0.1) is 6.92 Å². The van der Waals surface area contributed by atoms with Crippen molar-refractivity contribution < 1.29 is 133 Å². The summed E-state index contributed by atoms with van der Waals surface area (Å²) in [7, 11) is -8.69. The van der Waals surface area contributed by atoms with Gasteiger partial charge in [0.05, 0.1) is 22.5 Å². The van der Waals surface area contributed by atoms with Crippen LogP contribution in [0.15, 0.2) is 34.1 Å². The van der Waals surface area contributed by atoms with Gasteiger partial charge in [-0.1, -0.05) is 0 Å². The molecule has 132 valence electrons. The molecule has 0 aliphatic carbocycles. The van der Waals surface area contributed by atoms with E-state index in [0.29, 0.717) is 5.69 Å². The predicted octanol–water partition coefficient (Wildman–Crippen LogP) is -6.30. The summed E-state index contributed by atoms with van der Waals surface area (Å²) in [5.41, 5.74) is -0.0741. The van der Waals surface area contributed by atoms with Gasteiger partial charge in [0.15, 0.2) is 0 Å². The molecule has 0 spiro atoms. The van der Waals surface area contributed by atoms with Gasteiger partial charge >= 0.3 is 103 Å². The van der Waals surface area contributed by atoms with E-state index in [2.05, 4.69) is 9.82 Å². The average molecular weight is 472 g/mol. The molecule has 1 atom stereocenters. The first-order chi connectivity index (χ1) is 10.9. The second kappa shape index (κ2) is 10.5. The molecule has 0 fully saturated rings. The van der Waals surface area contributed by atoms with Gasteiger partial charge in [-0.3, -0.25) is 8.93 Å². The molecular weight excluding hydrogens is 461 g/mol. The fourth-order valence-electron chi connectivity index (χ4n) is 1.92. The van der Waals surface area contributed by atoms with E-state index in [9.17, 15) is 30.1 Å². The molecule has 15 heteroatoms. The van der Waals surface area contributed by atoms with Gasteiger partial charge in [0, 0.05) is 11.0 Å². The Morgan fingerprint density at radius 2 is 1.73 bits per heavy atom. The first-order valence-corrected chi connectivity index (χ1v) is 10.5. The second-order valence-corrected chi connectivity index (χ2v) is 8.81. The summed E-state index contributed by atoms with van der Waals surface area (Å²) in [6.45, 7) is 1.50. The molecule has 1 N–H and O–H groups in total. The monoisotopic (exact) mass is 471 g/mol. The largest absolute Gasteiger partial charge is 1.00 e. The van der Waals surface area contributed by atoms with Crippen molar-refractivity contribution in [2.24, 2.45) is 0 Å². The molecule has 1 aromatic heterocycles.